The second-order valence-corrected chi connectivity index (χ2v) is 11.3. The number of hydrogen-bond donors (Lipinski definition) is 0. The van der Waals surface area contributed by atoms with Gasteiger partial charge in [-0.1, -0.05) is 77.2 Å². The Morgan fingerprint density at radius 3 is 2.57 bits per heavy atom. The molecule has 0 bridgehead atoms. The van der Waals surface area contributed by atoms with Crippen molar-refractivity contribution in [3.05, 3.63) is 52.1 Å². The fourth-order valence-corrected chi connectivity index (χ4v) is 6.96. The Bertz CT molecular complexity index is 858. The van der Waals surface area contributed by atoms with Crippen LogP contribution in [-0.2, 0) is 20.8 Å². The Balaban J connectivity index is 1.88. The van der Waals surface area contributed by atoms with E-state index in [2.05, 4.69) is 26.8 Å². The fraction of sp³-hybridized carbons (Fsp3) is 0.733. The molecule has 7 heteroatoms. The quantitative estimate of drug-likeness (QED) is 0.0850. The van der Waals surface area contributed by atoms with Crippen LogP contribution >= 0.6 is 0 Å². The smallest absolute Gasteiger partial charge is 0.220 e. The summed E-state index contributed by atoms with van der Waals surface area (Å²) in [6, 6.07) is 7.33. The molecule has 0 unspecified atom stereocenters. The van der Waals surface area contributed by atoms with Gasteiger partial charge in [0.05, 0.1) is 26.4 Å². The molecule has 0 radical (unpaired) electrons. The van der Waals surface area contributed by atoms with Crippen molar-refractivity contribution in [1.29, 1.82) is 0 Å². The highest BCUT2D eigenvalue weighted by Gasteiger charge is 2.58. The van der Waals surface area contributed by atoms with Crippen LogP contribution in [0, 0.1) is 39.2 Å². The van der Waals surface area contributed by atoms with Gasteiger partial charge in [0, 0.05) is 29.8 Å². The summed E-state index contributed by atoms with van der Waals surface area (Å²) < 4.78 is 23.3. The molecule has 3 rings (SSSR count). The van der Waals surface area contributed by atoms with Gasteiger partial charge in [0.2, 0.25) is 6.04 Å². The molecule has 1 aromatic rings. The third-order valence-electron chi connectivity index (χ3n) is 8.74. The lowest BCUT2D eigenvalue weighted by Gasteiger charge is -2.56. The van der Waals surface area contributed by atoms with Crippen molar-refractivity contribution in [3.8, 4) is 5.75 Å². The number of unbranched alkanes of at least 4 members (excludes halogenated alkanes) is 3. The zero-order chi connectivity index (χ0) is 26.8. The van der Waals surface area contributed by atoms with Crippen molar-refractivity contribution in [1.82, 2.24) is 0 Å². The molecule has 2 aliphatic rings. The van der Waals surface area contributed by atoms with E-state index < -0.39 is 6.04 Å². The van der Waals surface area contributed by atoms with Crippen molar-refractivity contribution in [2.75, 3.05) is 27.6 Å². The normalized spacial score (nSPS) is 30.0. The Hall–Kier alpha value is -1.96. The zero-order valence-corrected chi connectivity index (χ0v) is 23.4. The van der Waals surface area contributed by atoms with E-state index >= 15 is 0 Å². The van der Waals surface area contributed by atoms with Gasteiger partial charge in [-0.3, -0.25) is 10.1 Å². The van der Waals surface area contributed by atoms with Crippen LogP contribution in [0.15, 0.2) is 36.4 Å². The van der Waals surface area contributed by atoms with E-state index in [0.717, 1.165) is 17.7 Å². The summed E-state index contributed by atoms with van der Waals surface area (Å²) in [7, 11) is 3.29. The number of nitro groups is 1. The maximum absolute atomic E-state index is 12.1. The number of hydrogen-bond acceptors (Lipinski definition) is 6. The summed E-state index contributed by atoms with van der Waals surface area (Å²) in [6.07, 6.45) is 11.3. The zero-order valence-electron chi connectivity index (χ0n) is 23.4. The fourth-order valence-electron chi connectivity index (χ4n) is 6.96. The third kappa shape index (κ3) is 7.33. The first-order chi connectivity index (χ1) is 17.8. The van der Waals surface area contributed by atoms with E-state index in [1.54, 1.807) is 14.2 Å². The number of ether oxygens (including phenoxy) is 4. The number of nitrogens with zero attached hydrogens (tertiary/aromatic N) is 1. The van der Waals surface area contributed by atoms with Crippen molar-refractivity contribution in [2.45, 2.75) is 84.5 Å². The van der Waals surface area contributed by atoms with Gasteiger partial charge in [-0.25, -0.2) is 0 Å². The molecule has 7 atom stereocenters. The van der Waals surface area contributed by atoms with Crippen molar-refractivity contribution in [2.24, 2.45) is 29.1 Å². The van der Waals surface area contributed by atoms with Crippen molar-refractivity contribution >= 4 is 0 Å². The van der Waals surface area contributed by atoms with Gasteiger partial charge in [0.1, 0.15) is 12.5 Å². The molecule has 0 spiro atoms. The monoisotopic (exact) mass is 517 g/mol. The molecule has 0 saturated heterocycles. The van der Waals surface area contributed by atoms with Gasteiger partial charge in [0.25, 0.3) is 0 Å². The summed E-state index contributed by atoms with van der Waals surface area (Å²) in [6.45, 7) is 8.05. The molecule has 1 fully saturated rings. The molecule has 0 amide bonds. The van der Waals surface area contributed by atoms with Crippen LogP contribution in [0.4, 0.5) is 0 Å². The van der Waals surface area contributed by atoms with Gasteiger partial charge in [0.15, 0.2) is 0 Å². The summed E-state index contributed by atoms with van der Waals surface area (Å²) in [5.74, 6) is 1.41. The Morgan fingerprint density at radius 2 is 1.92 bits per heavy atom. The average Bonchev–Trinajstić information content (AvgIpc) is 2.89. The highest BCUT2D eigenvalue weighted by molar-refractivity contribution is 5.26. The summed E-state index contributed by atoms with van der Waals surface area (Å²) in [4.78, 5) is 12.0. The lowest BCUT2D eigenvalue weighted by molar-refractivity contribution is -0.537. The number of benzene rings is 1. The van der Waals surface area contributed by atoms with E-state index in [-0.39, 0.29) is 41.0 Å². The molecular formula is C30H47NO6. The van der Waals surface area contributed by atoms with Crippen LogP contribution in [0.1, 0.15) is 71.3 Å². The van der Waals surface area contributed by atoms with Gasteiger partial charge in [-0.15, -0.1) is 0 Å². The standard InChI is InChI=1S/C30H47NO6/c1-6-7-8-9-11-22(2)29-28(37-21-34-4)18-25-26(12-10-13-27(25)31(32)33)30(29,3)20-36-19-23-14-16-24(35-5)17-15-23/h10,12,14-17,22,25-29H,6-9,11,13,18-21H2,1-5H3/t22-,25+,26-,27+,28-,29+,30+/m1/s1. The summed E-state index contributed by atoms with van der Waals surface area (Å²) in [5.41, 5.74) is 0.777. The van der Waals surface area contributed by atoms with Crippen molar-refractivity contribution in [3.63, 3.8) is 0 Å². The highest BCUT2D eigenvalue weighted by atomic mass is 16.7. The Morgan fingerprint density at radius 1 is 1.16 bits per heavy atom. The molecule has 0 N–H and O–H groups in total. The van der Waals surface area contributed by atoms with Gasteiger partial charge in [-0.05, 0) is 41.9 Å². The minimum absolute atomic E-state index is 0.0676. The van der Waals surface area contributed by atoms with Crippen LogP contribution in [0.3, 0.4) is 0 Å². The second-order valence-electron chi connectivity index (χ2n) is 11.3. The Labute approximate surface area is 223 Å². The molecule has 0 heterocycles. The minimum atomic E-state index is -0.592. The predicted molar refractivity (Wildman–Crippen MR) is 145 cm³/mol. The summed E-state index contributed by atoms with van der Waals surface area (Å²) >= 11 is 0. The predicted octanol–water partition coefficient (Wildman–Crippen LogP) is 6.67. The van der Waals surface area contributed by atoms with Crippen LogP contribution in [0.2, 0.25) is 0 Å². The van der Waals surface area contributed by atoms with Gasteiger partial charge >= 0.3 is 0 Å². The summed E-state index contributed by atoms with van der Waals surface area (Å²) in [5, 5.41) is 12.1. The Kier molecular flexibility index (Phi) is 11.4. The van der Waals surface area contributed by atoms with E-state index in [1.165, 1.54) is 25.7 Å². The first-order valence-corrected chi connectivity index (χ1v) is 14.0. The number of allylic oxidation sites excluding steroid dienone is 1. The van der Waals surface area contributed by atoms with Crippen molar-refractivity contribution < 1.29 is 23.9 Å². The number of methoxy groups -OCH3 is 2. The second kappa shape index (κ2) is 14.3. The van der Waals surface area contributed by atoms with Crippen LogP contribution in [0.5, 0.6) is 5.75 Å². The lowest BCUT2D eigenvalue weighted by Crippen LogP contribution is -2.58. The highest BCUT2D eigenvalue weighted by Crippen LogP contribution is 2.56. The molecule has 208 valence electrons. The van der Waals surface area contributed by atoms with Crippen LogP contribution < -0.4 is 4.74 Å². The molecular weight excluding hydrogens is 470 g/mol. The maximum atomic E-state index is 12.1. The van der Waals surface area contributed by atoms with Crippen LogP contribution in [-0.4, -0.2) is 44.7 Å². The first kappa shape index (κ1) is 29.6. The lowest BCUT2D eigenvalue weighted by atomic mass is 9.51. The largest absolute Gasteiger partial charge is 0.497 e. The minimum Gasteiger partial charge on any atom is -0.497 e. The van der Waals surface area contributed by atoms with Gasteiger partial charge in [-0.2, -0.15) is 0 Å². The molecule has 7 nitrogen and oxygen atoms in total. The molecule has 37 heavy (non-hydrogen) atoms. The SMILES string of the molecule is CCCCCC[C@@H](C)[C@H]1[C@H](OCOC)C[C@H]2[C@@H](C=CC[C@@H]2[N+](=O)[O-])[C@]1(C)COCc1ccc(OC)cc1. The third-order valence-corrected chi connectivity index (χ3v) is 8.74. The topological polar surface area (TPSA) is 80.1 Å². The van der Waals surface area contributed by atoms with E-state index in [4.69, 9.17) is 18.9 Å². The van der Waals surface area contributed by atoms with Gasteiger partial charge < -0.3 is 18.9 Å². The number of fused-ring (bicyclic) bond motifs is 1. The van der Waals surface area contributed by atoms with E-state index in [9.17, 15) is 10.1 Å². The average molecular weight is 518 g/mol. The maximum Gasteiger partial charge on any atom is 0.220 e. The van der Waals surface area contributed by atoms with E-state index in [0.29, 0.717) is 32.0 Å². The molecule has 1 aromatic carbocycles. The van der Waals surface area contributed by atoms with E-state index in [1.807, 2.05) is 30.3 Å². The molecule has 2 aliphatic carbocycles. The first-order valence-electron chi connectivity index (χ1n) is 14.0. The van der Waals surface area contributed by atoms with Crippen LogP contribution in [0.25, 0.3) is 0 Å². The molecule has 1 saturated carbocycles. The number of rotatable bonds is 15. The molecule has 0 aliphatic heterocycles. The molecule has 0 aromatic heterocycles.